The molecule has 0 saturated carbocycles. The first-order valence-corrected chi connectivity index (χ1v) is 21.4. The number of aliphatic hydroxyl groups is 2. The van der Waals surface area contributed by atoms with Crippen LogP contribution in [0, 0.1) is 0 Å². The van der Waals surface area contributed by atoms with Crippen molar-refractivity contribution < 1.29 is 15.0 Å². The van der Waals surface area contributed by atoms with Crippen LogP contribution in [0.2, 0.25) is 0 Å². The first-order chi connectivity index (χ1) is 26.7. The minimum absolute atomic E-state index is 0.0929. The van der Waals surface area contributed by atoms with Gasteiger partial charge < -0.3 is 15.5 Å². The predicted molar refractivity (Wildman–Crippen MR) is 238 cm³/mol. The van der Waals surface area contributed by atoms with E-state index in [1.165, 1.54) is 32.1 Å². The van der Waals surface area contributed by atoms with E-state index in [0.717, 1.165) is 103 Å². The van der Waals surface area contributed by atoms with Crippen LogP contribution in [0.5, 0.6) is 0 Å². The van der Waals surface area contributed by atoms with E-state index in [-0.39, 0.29) is 12.5 Å². The molecular formula is C50H79NO3. The van der Waals surface area contributed by atoms with Gasteiger partial charge in [0.05, 0.1) is 18.8 Å². The van der Waals surface area contributed by atoms with E-state index < -0.39 is 12.1 Å². The number of aliphatic hydroxyl groups excluding tert-OH is 2. The summed E-state index contributed by atoms with van der Waals surface area (Å²) in [5.41, 5.74) is 0. The summed E-state index contributed by atoms with van der Waals surface area (Å²) in [6, 6.07) is -0.631. The Morgan fingerprint density at radius 3 is 1.19 bits per heavy atom. The number of rotatable bonds is 36. The van der Waals surface area contributed by atoms with Gasteiger partial charge in [0.2, 0.25) is 5.91 Å². The van der Waals surface area contributed by atoms with E-state index in [4.69, 9.17) is 0 Å². The molecule has 0 aromatic heterocycles. The third kappa shape index (κ3) is 39.7. The summed E-state index contributed by atoms with van der Waals surface area (Å²) in [6.45, 7) is 3.97. The van der Waals surface area contributed by atoms with Crippen molar-refractivity contribution in [1.29, 1.82) is 0 Å². The van der Waals surface area contributed by atoms with Crippen molar-refractivity contribution in [3.8, 4) is 0 Å². The Morgan fingerprint density at radius 2 is 0.815 bits per heavy atom. The highest BCUT2D eigenvalue weighted by atomic mass is 16.3. The zero-order chi connectivity index (χ0) is 39.3. The largest absolute Gasteiger partial charge is 0.394 e. The minimum atomic E-state index is -0.847. The summed E-state index contributed by atoms with van der Waals surface area (Å²) in [5, 5.41) is 22.4. The molecule has 3 N–H and O–H groups in total. The van der Waals surface area contributed by atoms with E-state index in [9.17, 15) is 15.0 Å². The molecule has 0 aromatic carbocycles. The first-order valence-electron chi connectivity index (χ1n) is 21.4. The molecule has 0 heterocycles. The van der Waals surface area contributed by atoms with Crippen molar-refractivity contribution in [2.75, 3.05) is 6.61 Å². The number of unbranched alkanes of at least 4 members (excludes halogenated alkanes) is 9. The summed E-state index contributed by atoms with van der Waals surface area (Å²) in [4.78, 5) is 12.2. The molecule has 4 heteroatoms. The van der Waals surface area contributed by atoms with Crippen molar-refractivity contribution in [3.05, 3.63) is 134 Å². The standard InChI is InChI=1S/C50H79NO3/c1-3-5-7-8-9-10-11-12-13-14-15-16-17-18-19-20-21-22-23-24-25-26-27-28-29-30-31-32-33-34-35-36-37-38-39-40-41-42-44-46-50(54)51-48(47-52)49(53)45-43-6-4-2/h5,7,9-10,12-13,15-16,18-19,21-22,24-25,27-28,30-31,33-34,43,45,48-49,52-53H,3-4,6,8,11,14,17,20,23,26,29,32,35-42,44,46-47H2,1-2H3,(H,51,54)/b7-5-,10-9-,13-12-,16-15-,19-18-,22-21-,25-24-,28-27-,31-30-,34-33-,45-43+. The Bertz CT molecular complexity index is 1160. The van der Waals surface area contributed by atoms with Crippen LogP contribution in [0.1, 0.15) is 155 Å². The highest BCUT2D eigenvalue weighted by Gasteiger charge is 2.17. The van der Waals surface area contributed by atoms with E-state index in [1.54, 1.807) is 6.08 Å². The molecule has 0 aliphatic carbocycles. The molecule has 0 radical (unpaired) electrons. The molecule has 2 atom stereocenters. The molecule has 0 aliphatic heterocycles. The molecule has 0 fully saturated rings. The zero-order valence-electron chi connectivity index (χ0n) is 34.4. The second kappa shape index (κ2) is 43.9. The Morgan fingerprint density at radius 1 is 0.463 bits per heavy atom. The van der Waals surface area contributed by atoms with Crippen LogP contribution in [-0.4, -0.2) is 34.9 Å². The van der Waals surface area contributed by atoms with Crippen LogP contribution in [0.15, 0.2) is 134 Å². The molecule has 0 rings (SSSR count). The van der Waals surface area contributed by atoms with Gasteiger partial charge in [-0.2, -0.15) is 0 Å². The maximum Gasteiger partial charge on any atom is 0.220 e. The highest BCUT2D eigenvalue weighted by Crippen LogP contribution is 2.11. The van der Waals surface area contributed by atoms with Crippen LogP contribution in [0.25, 0.3) is 0 Å². The zero-order valence-corrected chi connectivity index (χ0v) is 34.4. The van der Waals surface area contributed by atoms with Gasteiger partial charge in [-0.05, 0) is 89.9 Å². The van der Waals surface area contributed by atoms with E-state index in [2.05, 4.69) is 141 Å². The number of hydrogen-bond acceptors (Lipinski definition) is 3. The van der Waals surface area contributed by atoms with E-state index in [1.807, 2.05) is 6.08 Å². The van der Waals surface area contributed by atoms with Crippen molar-refractivity contribution in [2.24, 2.45) is 0 Å². The maximum absolute atomic E-state index is 12.2. The molecule has 0 aromatic rings. The second-order valence-corrected chi connectivity index (χ2v) is 13.7. The number of carbonyl (C=O) groups is 1. The first kappa shape index (κ1) is 50.5. The van der Waals surface area contributed by atoms with Crippen molar-refractivity contribution in [1.82, 2.24) is 5.32 Å². The van der Waals surface area contributed by atoms with E-state index in [0.29, 0.717) is 6.42 Å². The quantitative estimate of drug-likeness (QED) is 0.0442. The van der Waals surface area contributed by atoms with Gasteiger partial charge in [-0.3, -0.25) is 4.79 Å². The van der Waals surface area contributed by atoms with Gasteiger partial charge in [0.15, 0.2) is 0 Å². The number of allylic oxidation sites excluding steroid dienone is 21. The summed E-state index contributed by atoms with van der Waals surface area (Å²) in [7, 11) is 0. The molecule has 0 saturated heterocycles. The Kier molecular flexibility index (Phi) is 41.1. The summed E-state index contributed by atoms with van der Waals surface area (Å²) in [5.74, 6) is -0.0929. The lowest BCUT2D eigenvalue weighted by atomic mass is 10.1. The molecule has 0 aliphatic rings. The van der Waals surface area contributed by atoms with E-state index >= 15 is 0 Å². The topological polar surface area (TPSA) is 69.6 Å². The molecule has 54 heavy (non-hydrogen) atoms. The van der Waals surface area contributed by atoms with Crippen LogP contribution >= 0.6 is 0 Å². The average molecular weight is 742 g/mol. The fourth-order valence-corrected chi connectivity index (χ4v) is 5.39. The van der Waals surface area contributed by atoms with Crippen molar-refractivity contribution in [3.63, 3.8) is 0 Å². The minimum Gasteiger partial charge on any atom is -0.394 e. The van der Waals surface area contributed by atoms with Gasteiger partial charge in [0.1, 0.15) is 0 Å². The normalized spacial score (nSPS) is 14.4. The van der Waals surface area contributed by atoms with Gasteiger partial charge in [0.25, 0.3) is 0 Å². The lowest BCUT2D eigenvalue weighted by Crippen LogP contribution is -2.45. The molecule has 4 nitrogen and oxygen atoms in total. The fraction of sp³-hybridized carbons (Fsp3) is 0.540. The average Bonchev–Trinajstić information content (AvgIpc) is 3.17. The monoisotopic (exact) mass is 742 g/mol. The van der Waals surface area contributed by atoms with Gasteiger partial charge in [-0.1, -0.05) is 192 Å². The molecule has 2 unspecified atom stereocenters. The summed E-state index contributed by atoms with van der Waals surface area (Å²) in [6.07, 6.45) is 70.6. The van der Waals surface area contributed by atoms with Crippen LogP contribution in [0.3, 0.4) is 0 Å². The van der Waals surface area contributed by atoms with Crippen LogP contribution in [0.4, 0.5) is 0 Å². The molecule has 302 valence electrons. The number of nitrogens with one attached hydrogen (secondary N) is 1. The van der Waals surface area contributed by atoms with Crippen LogP contribution in [-0.2, 0) is 4.79 Å². The molecule has 0 spiro atoms. The Balaban J connectivity index is 3.61. The van der Waals surface area contributed by atoms with Crippen molar-refractivity contribution >= 4 is 5.91 Å². The van der Waals surface area contributed by atoms with Gasteiger partial charge >= 0.3 is 0 Å². The number of carbonyl (C=O) groups excluding carboxylic acids is 1. The molecule has 1 amide bonds. The number of hydrogen-bond donors (Lipinski definition) is 3. The second-order valence-electron chi connectivity index (χ2n) is 13.7. The molecular weight excluding hydrogens is 663 g/mol. The summed E-state index contributed by atoms with van der Waals surface area (Å²) >= 11 is 0. The Labute approximate surface area is 332 Å². The van der Waals surface area contributed by atoms with Crippen LogP contribution < -0.4 is 5.32 Å². The summed E-state index contributed by atoms with van der Waals surface area (Å²) < 4.78 is 0. The lowest BCUT2D eigenvalue weighted by molar-refractivity contribution is -0.123. The SMILES string of the molecule is CC/C=C\C/C=C\C/C=C\C/C=C\C/C=C\C/C=C\C/C=C\C/C=C\C/C=C\C/C=C\CCCCCCCCCCC(=O)NC(CO)C(O)/C=C/CCC. The number of amides is 1. The molecule has 0 bridgehead atoms. The highest BCUT2D eigenvalue weighted by molar-refractivity contribution is 5.76. The van der Waals surface area contributed by atoms with Gasteiger partial charge in [0, 0.05) is 6.42 Å². The maximum atomic E-state index is 12.2. The lowest BCUT2D eigenvalue weighted by Gasteiger charge is -2.19. The Hall–Kier alpha value is -3.47. The smallest absolute Gasteiger partial charge is 0.220 e. The van der Waals surface area contributed by atoms with Crippen molar-refractivity contribution in [2.45, 2.75) is 167 Å². The predicted octanol–water partition coefficient (Wildman–Crippen LogP) is 13.6. The third-order valence-electron chi connectivity index (χ3n) is 8.62. The fourth-order valence-electron chi connectivity index (χ4n) is 5.39. The van der Waals surface area contributed by atoms with Gasteiger partial charge in [-0.25, -0.2) is 0 Å². The van der Waals surface area contributed by atoms with Gasteiger partial charge in [-0.15, -0.1) is 0 Å². The third-order valence-corrected chi connectivity index (χ3v) is 8.62.